The predicted molar refractivity (Wildman–Crippen MR) is 137 cm³/mol. The summed E-state index contributed by atoms with van der Waals surface area (Å²) in [5, 5.41) is 4.38. The molecule has 1 saturated heterocycles. The molecule has 1 aliphatic heterocycles. The van der Waals surface area contributed by atoms with Gasteiger partial charge in [-0.2, -0.15) is 0 Å². The first kappa shape index (κ1) is 23.1. The number of nitrogens with one attached hydrogen (secondary N) is 1. The third-order valence-corrected chi connectivity index (χ3v) is 6.66. The van der Waals surface area contributed by atoms with Crippen LogP contribution in [0.5, 0.6) is 5.75 Å². The van der Waals surface area contributed by atoms with Gasteiger partial charge in [0.05, 0.1) is 37.4 Å². The van der Waals surface area contributed by atoms with Crippen LogP contribution in [0.2, 0.25) is 0 Å². The van der Waals surface area contributed by atoms with E-state index in [1.807, 2.05) is 77.4 Å². The lowest BCUT2D eigenvalue weighted by Gasteiger charge is -2.35. The first-order chi connectivity index (χ1) is 17.2. The van der Waals surface area contributed by atoms with Crippen molar-refractivity contribution in [1.82, 2.24) is 14.8 Å². The van der Waals surface area contributed by atoms with E-state index in [1.165, 1.54) is 0 Å². The number of aromatic nitrogens is 1. The Morgan fingerprint density at radius 1 is 0.943 bits per heavy atom. The zero-order chi connectivity index (χ0) is 24.2. The van der Waals surface area contributed by atoms with E-state index in [1.54, 1.807) is 7.11 Å². The smallest absolute Gasteiger partial charge is 0.240 e. The number of pyridine rings is 1. The minimum absolute atomic E-state index is 0.0141. The molecular formula is C28H29N3O4. The zero-order valence-corrected chi connectivity index (χ0v) is 19.8. The number of methoxy groups -OCH3 is 1. The van der Waals surface area contributed by atoms with Crippen LogP contribution < -0.4 is 15.5 Å². The number of amides is 1. The molecule has 0 unspecified atom stereocenters. The summed E-state index contributed by atoms with van der Waals surface area (Å²) in [6.45, 7) is 3.57. The van der Waals surface area contributed by atoms with E-state index in [9.17, 15) is 9.59 Å². The SMILES string of the molecule is COc1ccc([C@H](CNC(=O)Cn2c3ccccc3c(=O)c3ccccc32)N2CCOCC2)cc1. The quantitative estimate of drug-likeness (QED) is 0.419. The van der Waals surface area contributed by atoms with Gasteiger partial charge in [-0.15, -0.1) is 0 Å². The molecule has 0 radical (unpaired) electrons. The minimum atomic E-state index is -0.101. The summed E-state index contributed by atoms with van der Waals surface area (Å²) in [5.74, 6) is 0.700. The van der Waals surface area contributed by atoms with Crippen molar-refractivity contribution in [3.63, 3.8) is 0 Å². The van der Waals surface area contributed by atoms with Crippen LogP contribution in [0.25, 0.3) is 21.8 Å². The first-order valence-electron chi connectivity index (χ1n) is 11.9. The number of carbonyl (C=O) groups is 1. The monoisotopic (exact) mass is 471 g/mol. The van der Waals surface area contributed by atoms with Crippen molar-refractivity contribution in [3.05, 3.63) is 88.6 Å². The van der Waals surface area contributed by atoms with Gasteiger partial charge in [-0.3, -0.25) is 14.5 Å². The van der Waals surface area contributed by atoms with Crippen molar-refractivity contribution in [3.8, 4) is 5.75 Å². The number of fused-ring (bicyclic) bond motifs is 2. The Bertz CT molecular complexity index is 1330. The number of para-hydroxylation sites is 2. The molecule has 1 N–H and O–H groups in total. The average molecular weight is 472 g/mol. The van der Waals surface area contributed by atoms with E-state index in [4.69, 9.17) is 9.47 Å². The Balaban J connectivity index is 1.40. The molecule has 1 atom stereocenters. The first-order valence-corrected chi connectivity index (χ1v) is 11.9. The number of nitrogens with zero attached hydrogens (tertiary/aromatic N) is 2. The number of hydrogen-bond donors (Lipinski definition) is 1. The number of ether oxygens (including phenoxy) is 2. The summed E-state index contributed by atoms with van der Waals surface area (Å²) in [6, 6.07) is 22.9. The van der Waals surface area contributed by atoms with Crippen LogP contribution in [-0.4, -0.2) is 55.3 Å². The highest BCUT2D eigenvalue weighted by molar-refractivity contribution is 5.94. The molecule has 7 nitrogen and oxygen atoms in total. The zero-order valence-electron chi connectivity index (χ0n) is 19.8. The van der Waals surface area contributed by atoms with Gasteiger partial charge < -0.3 is 19.4 Å². The van der Waals surface area contributed by atoms with Crippen LogP contribution in [0.1, 0.15) is 11.6 Å². The molecule has 0 saturated carbocycles. The van der Waals surface area contributed by atoms with Crippen molar-refractivity contribution < 1.29 is 14.3 Å². The fourth-order valence-corrected chi connectivity index (χ4v) is 4.83. The van der Waals surface area contributed by atoms with E-state index < -0.39 is 0 Å². The maximum atomic E-state index is 13.2. The van der Waals surface area contributed by atoms with Gasteiger partial charge in [0.1, 0.15) is 12.3 Å². The number of carbonyl (C=O) groups excluding carboxylic acids is 1. The second-order valence-corrected chi connectivity index (χ2v) is 8.69. The highest BCUT2D eigenvalue weighted by Crippen LogP contribution is 2.24. The fourth-order valence-electron chi connectivity index (χ4n) is 4.83. The predicted octanol–water partition coefficient (Wildman–Crippen LogP) is 3.35. The molecular weight excluding hydrogens is 442 g/mol. The maximum Gasteiger partial charge on any atom is 0.240 e. The lowest BCUT2D eigenvalue weighted by atomic mass is 10.0. The molecule has 5 rings (SSSR count). The summed E-state index contributed by atoms with van der Waals surface area (Å²) >= 11 is 0. The van der Waals surface area contributed by atoms with Gasteiger partial charge in [-0.1, -0.05) is 36.4 Å². The Kier molecular flexibility index (Phi) is 6.79. The van der Waals surface area contributed by atoms with E-state index in [-0.39, 0.29) is 23.9 Å². The molecule has 0 bridgehead atoms. The summed E-state index contributed by atoms with van der Waals surface area (Å²) in [4.78, 5) is 28.6. The van der Waals surface area contributed by atoms with Gasteiger partial charge in [-0.25, -0.2) is 0 Å². The molecule has 180 valence electrons. The molecule has 4 aromatic rings. The lowest BCUT2D eigenvalue weighted by Crippen LogP contribution is -2.44. The van der Waals surface area contributed by atoms with Crippen LogP contribution in [0, 0.1) is 0 Å². The van der Waals surface area contributed by atoms with Gasteiger partial charge in [-0.05, 0) is 42.0 Å². The van der Waals surface area contributed by atoms with E-state index in [0.29, 0.717) is 30.5 Å². The topological polar surface area (TPSA) is 72.8 Å². The van der Waals surface area contributed by atoms with Crippen LogP contribution in [0.15, 0.2) is 77.6 Å². The lowest BCUT2D eigenvalue weighted by molar-refractivity contribution is -0.121. The van der Waals surface area contributed by atoms with E-state index >= 15 is 0 Å². The third kappa shape index (κ3) is 4.78. The average Bonchev–Trinajstić information content (AvgIpc) is 2.92. The number of benzene rings is 3. The van der Waals surface area contributed by atoms with Crippen molar-refractivity contribution in [2.45, 2.75) is 12.6 Å². The van der Waals surface area contributed by atoms with Crippen molar-refractivity contribution in [1.29, 1.82) is 0 Å². The van der Waals surface area contributed by atoms with Crippen molar-refractivity contribution >= 4 is 27.7 Å². The Morgan fingerprint density at radius 3 is 2.14 bits per heavy atom. The maximum absolute atomic E-state index is 13.2. The summed E-state index contributed by atoms with van der Waals surface area (Å²) < 4.78 is 12.8. The van der Waals surface area contributed by atoms with Crippen molar-refractivity contribution in [2.24, 2.45) is 0 Å². The van der Waals surface area contributed by atoms with E-state index in [0.717, 1.165) is 35.4 Å². The molecule has 0 aliphatic carbocycles. The van der Waals surface area contributed by atoms with Gasteiger partial charge in [0.25, 0.3) is 0 Å². The van der Waals surface area contributed by atoms with Gasteiger partial charge in [0, 0.05) is 30.4 Å². The molecule has 0 spiro atoms. The Labute approximate surface area is 203 Å². The third-order valence-electron chi connectivity index (χ3n) is 6.66. The molecule has 1 amide bonds. The molecule has 7 heteroatoms. The standard InChI is InChI=1S/C28H29N3O4/c1-34-21-12-10-20(11-13-21)26(30-14-16-35-17-15-30)18-29-27(32)19-31-24-8-4-2-6-22(24)28(33)23-7-3-5-9-25(23)31/h2-13,26H,14-19H2,1H3,(H,29,32)/t26-/m0/s1. The molecule has 1 fully saturated rings. The summed E-state index contributed by atoms with van der Waals surface area (Å²) in [6.07, 6.45) is 0. The molecule has 3 aromatic carbocycles. The van der Waals surface area contributed by atoms with E-state index in [2.05, 4.69) is 10.2 Å². The molecule has 1 aromatic heterocycles. The number of morpholine rings is 1. The fraction of sp³-hybridized carbons (Fsp3) is 0.286. The minimum Gasteiger partial charge on any atom is -0.497 e. The van der Waals surface area contributed by atoms with Gasteiger partial charge in [0.15, 0.2) is 5.43 Å². The molecule has 2 heterocycles. The van der Waals surface area contributed by atoms with Crippen LogP contribution in [-0.2, 0) is 16.1 Å². The summed E-state index contributed by atoms with van der Waals surface area (Å²) in [5.41, 5.74) is 2.62. The van der Waals surface area contributed by atoms with Gasteiger partial charge >= 0.3 is 0 Å². The largest absolute Gasteiger partial charge is 0.497 e. The second kappa shape index (κ2) is 10.3. The van der Waals surface area contributed by atoms with Crippen LogP contribution >= 0.6 is 0 Å². The van der Waals surface area contributed by atoms with Crippen molar-refractivity contribution in [2.75, 3.05) is 40.0 Å². The second-order valence-electron chi connectivity index (χ2n) is 8.69. The Hall–Kier alpha value is -3.68. The number of rotatable bonds is 7. The Morgan fingerprint density at radius 2 is 1.54 bits per heavy atom. The van der Waals surface area contributed by atoms with Gasteiger partial charge in [0.2, 0.25) is 5.91 Å². The molecule has 1 aliphatic rings. The van der Waals surface area contributed by atoms with Crippen LogP contribution in [0.4, 0.5) is 0 Å². The molecule has 35 heavy (non-hydrogen) atoms. The summed E-state index contributed by atoms with van der Waals surface area (Å²) in [7, 11) is 1.65. The normalized spacial score (nSPS) is 15.2. The number of hydrogen-bond acceptors (Lipinski definition) is 5. The highest BCUT2D eigenvalue weighted by Gasteiger charge is 2.23. The van der Waals surface area contributed by atoms with Crippen LogP contribution in [0.3, 0.4) is 0 Å². The highest BCUT2D eigenvalue weighted by atomic mass is 16.5.